The molecule has 1 aromatic rings. The van der Waals surface area contributed by atoms with Crippen molar-refractivity contribution in [1.29, 1.82) is 0 Å². The van der Waals surface area contributed by atoms with Crippen molar-refractivity contribution >= 4 is 0 Å². The van der Waals surface area contributed by atoms with Crippen LogP contribution in [0.25, 0.3) is 0 Å². The van der Waals surface area contributed by atoms with Crippen LogP contribution in [0.5, 0.6) is 0 Å². The van der Waals surface area contributed by atoms with E-state index in [1.54, 1.807) is 0 Å². The molecule has 5 heteroatoms. The topological polar surface area (TPSA) is 51.4 Å². The number of nitrogens with zero attached hydrogens (tertiary/aromatic N) is 1. The SMILES string of the molecule is On1oo1.[Ti]. The molecule has 1 heterocycles. The van der Waals surface area contributed by atoms with E-state index in [0.717, 1.165) is 0 Å². The van der Waals surface area contributed by atoms with E-state index in [9.17, 15) is 0 Å². The minimum atomic E-state index is 0. The van der Waals surface area contributed by atoms with Gasteiger partial charge in [-0.15, -0.1) is 0 Å². The molecule has 4 nitrogen and oxygen atoms in total. The first-order valence-electron chi connectivity index (χ1n) is 0.732. The Morgan fingerprint density at radius 3 is 1.60 bits per heavy atom. The third-order valence-electron chi connectivity index (χ3n) is 0.141. The van der Waals surface area contributed by atoms with E-state index >= 15 is 0 Å². The maximum Gasteiger partial charge on any atom is 0.214 e. The average Bonchev–Trinajstić information content (AvgIpc) is 1.75. The Labute approximate surface area is 42.0 Å². The molecule has 0 atom stereocenters. The standard InChI is InChI=1S/HNO3.Ti/c2-1-3-4-1;/h2H;. The van der Waals surface area contributed by atoms with Crippen LogP contribution in [0.15, 0.2) is 9.36 Å². The first-order valence-corrected chi connectivity index (χ1v) is 0.732. The zero-order chi connectivity index (χ0) is 2.99. The summed E-state index contributed by atoms with van der Waals surface area (Å²) in [5, 5.41) is 7.81. The minimum Gasteiger partial charge on any atom is -0.368 e. The van der Waals surface area contributed by atoms with Crippen LogP contribution in [0.4, 0.5) is 0 Å². The molecular formula is HNO3Ti. The molecule has 1 N–H and O–H groups in total. The number of hydrogen-bond acceptors (Lipinski definition) is 3. The van der Waals surface area contributed by atoms with Crippen molar-refractivity contribution in [3.63, 3.8) is 0 Å². The van der Waals surface area contributed by atoms with Gasteiger partial charge in [-0.25, -0.2) is 0 Å². The van der Waals surface area contributed by atoms with Gasteiger partial charge in [0.2, 0.25) is 5.08 Å². The van der Waals surface area contributed by atoms with Gasteiger partial charge in [0.05, 0.1) is 0 Å². The Bertz CT molecular complexity index is 65.4. The zero-order valence-corrected chi connectivity index (χ0v) is 3.77. The van der Waals surface area contributed by atoms with Crippen LogP contribution >= 0.6 is 0 Å². The normalized spacial score (nSPS) is 7.20. The Balaban J connectivity index is 0.000000160. The Morgan fingerprint density at radius 2 is 1.60 bits per heavy atom. The summed E-state index contributed by atoms with van der Waals surface area (Å²) in [6.07, 6.45) is 0. The van der Waals surface area contributed by atoms with Gasteiger partial charge in [0.15, 0.2) is 0 Å². The van der Waals surface area contributed by atoms with Crippen LogP contribution in [0, 0.1) is 0 Å². The molecular weight excluding hydrogens is 110 g/mol. The van der Waals surface area contributed by atoms with E-state index in [-0.39, 0.29) is 26.8 Å². The molecule has 1 aromatic heterocycles. The predicted octanol–water partition coefficient (Wildman–Crippen LogP) is -0.0911. The van der Waals surface area contributed by atoms with Crippen molar-refractivity contribution in [2.75, 3.05) is 0 Å². The van der Waals surface area contributed by atoms with Gasteiger partial charge in [0, 0.05) is 21.7 Å². The summed E-state index contributed by atoms with van der Waals surface area (Å²) in [6.45, 7) is 0. The van der Waals surface area contributed by atoms with Crippen LogP contribution in [0.2, 0.25) is 0 Å². The molecule has 0 aromatic carbocycles. The monoisotopic (exact) mass is 111 g/mol. The van der Waals surface area contributed by atoms with Crippen molar-refractivity contribution in [3.8, 4) is 0 Å². The second-order valence-corrected chi connectivity index (χ2v) is 0.387. The van der Waals surface area contributed by atoms with Crippen LogP contribution in [-0.2, 0) is 21.7 Å². The summed E-state index contributed by atoms with van der Waals surface area (Å²) in [5.74, 6) is 0. The summed E-state index contributed by atoms with van der Waals surface area (Å²) >= 11 is 0. The summed E-state index contributed by atoms with van der Waals surface area (Å²) in [7, 11) is 0. The van der Waals surface area contributed by atoms with Gasteiger partial charge < -0.3 is 5.21 Å². The molecule has 28 valence electrons. The van der Waals surface area contributed by atoms with E-state index < -0.39 is 0 Å². The molecule has 0 saturated carbocycles. The molecule has 0 aliphatic heterocycles. The third kappa shape index (κ3) is 1.69. The smallest absolute Gasteiger partial charge is 0.214 e. The fourth-order valence-electron chi connectivity index (χ4n) is 0.0149. The molecule has 1 rings (SSSR count). The Kier molecular flexibility index (Phi) is 1.35. The number of aromatic nitrogens is 1. The molecule has 0 radical (unpaired) electrons. The molecule has 0 aliphatic carbocycles. The predicted molar refractivity (Wildman–Crippen MR) is 6.15 cm³/mol. The summed E-state index contributed by atoms with van der Waals surface area (Å²) < 4.78 is 7.19. The molecule has 0 saturated heterocycles. The van der Waals surface area contributed by atoms with E-state index in [1.165, 1.54) is 0 Å². The van der Waals surface area contributed by atoms with Crippen molar-refractivity contribution in [1.82, 2.24) is 5.08 Å². The first kappa shape index (κ1) is 4.91. The summed E-state index contributed by atoms with van der Waals surface area (Å²) in [5.41, 5.74) is 0. The van der Waals surface area contributed by atoms with Gasteiger partial charge in [-0.05, 0) is 0 Å². The fourth-order valence-corrected chi connectivity index (χ4v) is 0.0149. The molecule has 5 heavy (non-hydrogen) atoms. The number of rotatable bonds is 0. The fraction of sp³-hybridized carbons (Fsp3) is 0. The second-order valence-electron chi connectivity index (χ2n) is 0.387. The van der Waals surface area contributed by atoms with Crippen LogP contribution in [0.3, 0.4) is 0 Å². The van der Waals surface area contributed by atoms with Crippen LogP contribution in [0.1, 0.15) is 0 Å². The average molecular weight is 111 g/mol. The van der Waals surface area contributed by atoms with Crippen LogP contribution < -0.4 is 0 Å². The van der Waals surface area contributed by atoms with Gasteiger partial charge in [0.25, 0.3) is 0 Å². The van der Waals surface area contributed by atoms with Crippen molar-refractivity contribution in [3.05, 3.63) is 0 Å². The molecule has 0 aliphatic rings. The van der Waals surface area contributed by atoms with Crippen molar-refractivity contribution in [2.24, 2.45) is 0 Å². The van der Waals surface area contributed by atoms with E-state index in [1.807, 2.05) is 0 Å². The number of hydrogen-bond donors (Lipinski definition) is 1. The van der Waals surface area contributed by atoms with Crippen molar-refractivity contribution in [2.45, 2.75) is 0 Å². The Morgan fingerprint density at radius 1 is 1.40 bits per heavy atom. The third-order valence-corrected chi connectivity index (χ3v) is 0.141. The quantitative estimate of drug-likeness (QED) is 0.289. The second kappa shape index (κ2) is 1.38. The summed E-state index contributed by atoms with van der Waals surface area (Å²) in [4.78, 5) is 0. The molecule has 0 fully saturated rings. The largest absolute Gasteiger partial charge is 0.368 e. The van der Waals surface area contributed by atoms with Crippen molar-refractivity contribution < 1.29 is 36.3 Å². The van der Waals surface area contributed by atoms with Gasteiger partial charge in [-0.1, -0.05) is 9.36 Å². The maximum absolute atomic E-state index is 7.56. The summed E-state index contributed by atoms with van der Waals surface area (Å²) in [6, 6.07) is 0. The van der Waals surface area contributed by atoms with Gasteiger partial charge >= 0.3 is 0 Å². The van der Waals surface area contributed by atoms with E-state index in [4.69, 9.17) is 5.21 Å². The molecule has 0 unspecified atom stereocenters. The minimum absolute atomic E-state index is 0. The van der Waals surface area contributed by atoms with Crippen LogP contribution in [-0.4, -0.2) is 10.3 Å². The zero-order valence-electron chi connectivity index (χ0n) is 2.21. The maximum atomic E-state index is 7.56. The first-order chi connectivity index (χ1) is 1.89. The van der Waals surface area contributed by atoms with E-state index in [0.29, 0.717) is 0 Å². The van der Waals surface area contributed by atoms with E-state index in [2.05, 4.69) is 9.36 Å². The van der Waals surface area contributed by atoms with Gasteiger partial charge in [0.1, 0.15) is 0 Å². The molecule has 0 amide bonds. The van der Waals surface area contributed by atoms with Gasteiger partial charge in [-0.3, -0.25) is 0 Å². The molecule has 0 bridgehead atoms. The van der Waals surface area contributed by atoms with Gasteiger partial charge in [-0.2, -0.15) is 0 Å². The Hall–Kier alpha value is -0.0857. The molecule has 0 spiro atoms.